The van der Waals surface area contributed by atoms with Crippen LogP contribution in [0.4, 0.5) is 5.82 Å². The molecule has 0 aliphatic rings. The highest BCUT2D eigenvalue weighted by atomic mass is 32.2. The fourth-order valence-corrected chi connectivity index (χ4v) is 3.42. The van der Waals surface area contributed by atoms with Crippen molar-refractivity contribution in [3.8, 4) is 11.1 Å². The standard InChI is InChI=1S/C24H23N3O4S/c1-32-14-12-20(25)24(30)31-23(29)18-11-10-17(15-19(18)16-7-3-2-4-8-16)22(28)27-21-9-5-6-13-26-21/h2-11,13,15,20H,12,14,25H2,1H3,(H,26,27,28)/t20-/m0/s1. The Labute approximate surface area is 190 Å². The van der Waals surface area contributed by atoms with Crippen LogP contribution in [0.15, 0.2) is 72.9 Å². The smallest absolute Gasteiger partial charge is 0.346 e. The summed E-state index contributed by atoms with van der Waals surface area (Å²) in [5.41, 5.74) is 7.48. The van der Waals surface area contributed by atoms with Crippen LogP contribution >= 0.6 is 11.8 Å². The van der Waals surface area contributed by atoms with Gasteiger partial charge in [-0.3, -0.25) is 4.79 Å². The van der Waals surface area contributed by atoms with Crippen LogP contribution in [-0.2, 0) is 9.53 Å². The number of hydrogen-bond donors (Lipinski definition) is 2. The number of aromatic nitrogens is 1. The SMILES string of the molecule is CSCC[C@H](N)C(=O)OC(=O)c1ccc(C(=O)Nc2ccccn2)cc1-c1ccccc1. The minimum Gasteiger partial charge on any atom is -0.388 e. The summed E-state index contributed by atoms with van der Waals surface area (Å²) in [4.78, 5) is 41.8. The molecule has 1 amide bonds. The second-order valence-corrected chi connectivity index (χ2v) is 7.88. The third-order valence-corrected chi connectivity index (χ3v) is 5.27. The van der Waals surface area contributed by atoms with Gasteiger partial charge in [0.2, 0.25) is 0 Å². The second kappa shape index (κ2) is 11.2. The predicted molar refractivity (Wildman–Crippen MR) is 125 cm³/mol. The van der Waals surface area contributed by atoms with Gasteiger partial charge in [0.25, 0.3) is 5.91 Å². The normalized spacial score (nSPS) is 11.4. The van der Waals surface area contributed by atoms with Gasteiger partial charge in [0.1, 0.15) is 11.9 Å². The third kappa shape index (κ3) is 6.03. The minimum absolute atomic E-state index is 0.163. The predicted octanol–water partition coefficient (Wildman–Crippen LogP) is 3.76. The molecular formula is C24H23N3O4S. The van der Waals surface area contributed by atoms with Crippen molar-refractivity contribution in [2.75, 3.05) is 17.3 Å². The molecule has 0 fully saturated rings. The van der Waals surface area contributed by atoms with Crippen LogP contribution in [0.5, 0.6) is 0 Å². The molecule has 0 saturated heterocycles. The van der Waals surface area contributed by atoms with Gasteiger partial charge >= 0.3 is 11.9 Å². The number of thioether (sulfide) groups is 1. The van der Waals surface area contributed by atoms with Gasteiger partial charge in [-0.2, -0.15) is 11.8 Å². The highest BCUT2D eigenvalue weighted by molar-refractivity contribution is 7.98. The van der Waals surface area contributed by atoms with E-state index >= 15 is 0 Å². The molecule has 1 atom stereocenters. The number of carbonyl (C=O) groups excluding carboxylic acids is 3. The number of amides is 1. The van der Waals surface area contributed by atoms with Gasteiger partial charge in [-0.15, -0.1) is 0 Å². The van der Waals surface area contributed by atoms with E-state index in [-0.39, 0.29) is 11.5 Å². The Bertz CT molecular complexity index is 1090. The number of esters is 2. The number of ether oxygens (including phenoxy) is 1. The molecule has 32 heavy (non-hydrogen) atoms. The van der Waals surface area contributed by atoms with Crippen molar-refractivity contribution in [1.82, 2.24) is 4.98 Å². The lowest BCUT2D eigenvalue weighted by Crippen LogP contribution is -2.34. The molecule has 1 aromatic heterocycles. The summed E-state index contributed by atoms with van der Waals surface area (Å²) in [6.07, 6.45) is 3.89. The summed E-state index contributed by atoms with van der Waals surface area (Å²) in [7, 11) is 0. The minimum atomic E-state index is -0.880. The number of pyridine rings is 1. The van der Waals surface area contributed by atoms with E-state index in [2.05, 4.69) is 10.3 Å². The molecule has 0 unspecified atom stereocenters. The Morgan fingerprint density at radius 2 is 1.81 bits per heavy atom. The molecule has 3 rings (SSSR count). The quantitative estimate of drug-likeness (QED) is 0.398. The van der Waals surface area contributed by atoms with Gasteiger partial charge in [-0.05, 0) is 59.9 Å². The van der Waals surface area contributed by atoms with Crippen LogP contribution in [0.3, 0.4) is 0 Å². The molecule has 0 saturated carbocycles. The lowest BCUT2D eigenvalue weighted by atomic mass is 9.97. The summed E-state index contributed by atoms with van der Waals surface area (Å²) in [5, 5.41) is 2.71. The van der Waals surface area contributed by atoms with Crippen LogP contribution < -0.4 is 11.1 Å². The van der Waals surface area contributed by atoms with Gasteiger partial charge in [0.15, 0.2) is 0 Å². The number of carbonyl (C=O) groups is 3. The molecule has 8 heteroatoms. The van der Waals surface area contributed by atoms with Crippen molar-refractivity contribution < 1.29 is 19.1 Å². The number of rotatable bonds is 8. The van der Waals surface area contributed by atoms with E-state index in [1.54, 1.807) is 54.4 Å². The van der Waals surface area contributed by atoms with E-state index in [4.69, 9.17) is 10.5 Å². The van der Waals surface area contributed by atoms with Gasteiger partial charge in [-0.25, -0.2) is 14.6 Å². The highest BCUT2D eigenvalue weighted by Gasteiger charge is 2.23. The third-order valence-electron chi connectivity index (χ3n) is 4.62. The zero-order chi connectivity index (χ0) is 22.9. The molecule has 3 aromatic rings. The van der Waals surface area contributed by atoms with Crippen molar-refractivity contribution in [2.24, 2.45) is 5.73 Å². The van der Waals surface area contributed by atoms with E-state index in [0.717, 1.165) is 0 Å². The van der Waals surface area contributed by atoms with Crippen LogP contribution in [0.2, 0.25) is 0 Å². The molecular weight excluding hydrogens is 426 g/mol. The fourth-order valence-electron chi connectivity index (χ4n) is 2.93. The monoisotopic (exact) mass is 449 g/mol. The Hall–Kier alpha value is -3.49. The molecule has 0 spiro atoms. The molecule has 0 bridgehead atoms. The summed E-state index contributed by atoms with van der Waals surface area (Å²) < 4.78 is 5.03. The fraction of sp³-hybridized carbons (Fsp3) is 0.167. The van der Waals surface area contributed by atoms with E-state index in [9.17, 15) is 14.4 Å². The van der Waals surface area contributed by atoms with Crippen LogP contribution in [0.25, 0.3) is 11.1 Å². The molecule has 7 nitrogen and oxygen atoms in total. The first kappa shape index (κ1) is 23.2. The lowest BCUT2D eigenvalue weighted by Gasteiger charge is -2.13. The van der Waals surface area contributed by atoms with Gasteiger partial charge in [0.05, 0.1) is 5.56 Å². The maximum atomic E-state index is 12.8. The van der Waals surface area contributed by atoms with E-state index in [1.807, 2.05) is 24.5 Å². The number of anilines is 1. The van der Waals surface area contributed by atoms with Gasteiger partial charge in [0, 0.05) is 11.8 Å². The van der Waals surface area contributed by atoms with E-state index in [1.165, 1.54) is 12.1 Å². The molecule has 0 aliphatic heterocycles. The highest BCUT2D eigenvalue weighted by Crippen LogP contribution is 2.26. The largest absolute Gasteiger partial charge is 0.388 e. The first-order valence-electron chi connectivity index (χ1n) is 9.92. The maximum Gasteiger partial charge on any atom is 0.346 e. The zero-order valence-electron chi connectivity index (χ0n) is 17.5. The van der Waals surface area contributed by atoms with Crippen molar-refractivity contribution in [3.05, 3.63) is 84.1 Å². The zero-order valence-corrected chi connectivity index (χ0v) is 18.3. The van der Waals surface area contributed by atoms with Crippen molar-refractivity contribution in [2.45, 2.75) is 12.5 Å². The second-order valence-electron chi connectivity index (χ2n) is 6.89. The van der Waals surface area contributed by atoms with Crippen LogP contribution in [0, 0.1) is 0 Å². The summed E-state index contributed by atoms with van der Waals surface area (Å²) >= 11 is 1.55. The maximum absolute atomic E-state index is 12.8. The first-order valence-corrected chi connectivity index (χ1v) is 11.3. The van der Waals surface area contributed by atoms with Crippen molar-refractivity contribution in [3.63, 3.8) is 0 Å². The number of nitrogens with one attached hydrogen (secondary N) is 1. The Balaban J connectivity index is 1.88. The summed E-state index contributed by atoms with van der Waals surface area (Å²) in [6.45, 7) is 0. The average molecular weight is 450 g/mol. The Kier molecular flexibility index (Phi) is 8.13. The number of nitrogens with two attached hydrogens (primary N) is 1. The topological polar surface area (TPSA) is 111 Å². The number of hydrogen-bond acceptors (Lipinski definition) is 7. The number of nitrogens with zero attached hydrogens (tertiary/aromatic N) is 1. The Morgan fingerprint density at radius 3 is 2.50 bits per heavy atom. The molecule has 3 N–H and O–H groups in total. The molecule has 1 heterocycles. The molecule has 0 radical (unpaired) electrons. The van der Waals surface area contributed by atoms with Crippen molar-refractivity contribution in [1.29, 1.82) is 0 Å². The van der Waals surface area contributed by atoms with Gasteiger partial charge in [-0.1, -0.05) is 36.4 Å². The van der Waals surface area contributed by atoms with Gasteiger partial charge < -0.3 is 15.8 Å². The lowest BCUT2D eigenvalue weighted by molar-refractivity contribution is -0.139. The molecule has 2 aromatic carbocycles. The summed E-state index contributed by atoms with van der Waals surface area (Å²) in [5.74, 6) is -0.881. The van der Waals surface area contributed by atoms with E-state index < -0.39 is 18.0 Å². The van der Waals surface area contributed by atoms with E-state index in [0.29, 0.717) is 34.7 Å². The molecule has 164 valence electrons. The summed E-state index contributed by atoms with van der Waals surface area (Å²) in [6, 6.07) is 17.9. The van der Waals surface area contributed by atoms with Crippen LogP contribution in [-0.4, -0.2) is 40.9 Å². The first-order chi connectivity index (χ1) is 15.5. The Morgan fingerprint density at radius 1 is 1.06 bits per heavy atom. The van der Waals surface area contributed by atoms with Crippen molar-refractivity contribution >= 4 is 35.4 Å². The van der Waals surface area contributed by atoms with Crippen LogP contribution in [0.1, 0.15) is 27.1 Å². The average Bonchev–Trinajstić information content (AvgIpc) is 2.83. The molecule has 0 aliphatic carbocycles. The number of benzene rings is 2.